The van der Waals surface area contributed by atoms with E-state index in [0.717, 1.165) is 12.2 Å². The van der Waals surface area contributed by atoms with Crippen molar-refractivity contribution in [2.24, 2.45) is 11.8 Å². The van der Waals surface area contributed by atoms with E-state index in [4.69, 9.17) is 9.47 Å². The van der Waals surface area contributed by atoms with E-state index < -0.39 is 6.10 Å². The average Bonchev–Trinajstić information content (AvgIpc) is 3.34. The summed E-state index contributed by atoms with van der Waals surface area (Å²) in [6.45, 7) is 3.57. The maximum atomic E-state index is 12.1. The number of rotatable bonds is 6. The molecule has 0 spiro atoms. The van der Waals surface area contributed by atoms with E-state index in [9.17, 15) is 9.59 Å². The third kappa shape index (κ3) is 4.59. The fraction of sp³-hybridized carbons (Fsp3) is 0.300. The molecular weight excluding hydrogens is 318 g/mol. The third-order valence-corrected chi connectivity index (χ3v) is 4.18. The van der Waals surface area contributed by atoms with Gasteiger partial charge in [0.2, 0.25) is 0 Å². The van der Waals surface area contributed by atoms with Crippen molar-refractivity contribution in [3.8, 4) is 11.5 Å². The molecule has 0 heterocycles. The van der Waals surface area contributed by atoms with E-state index in [1.807, 2.05) is 37.3 Å². The zero-order valence-electron chi connectivity index (χ0n) is 14.3. The van der Waals surface area contributed by atoms with E-state index in [-0.39, 0.29) is 17.8 Å². The van der Waals surface area contributed by atoms with Gasteiger partial charge in [-0.15, -0.1) is 0 Å². The van der Waals surface area contributed by atoms with Gasteiger partial charge in [-0.25, -0.2) is 0 Å². The lowest BCUT2D eigenvalue weighted by Crippen LogP contribution is -2.30. The number of hydrogen-bond acceptors (Lipinski definition) is 4. The molecule has 1 N–H and O–H groups in total. The average molecular weight is 339 g/mol. The van der Waals surface area contributed by atoms with Crippen LogP contribution in [-0.2, 0) is 14.3 Å². The molecule has 2 aromatic rings. The number of nitrogens with one attached hydrogen (secondary N) is 1. The Morgan fingerprint density at radius 3 is 2.24 bits per heavy atom. The van der Waals surface area contributed by atoms with Gasteiger partial charge < -0.3 is 14.8 Å². The van der Waals surface area contributed by atoms with Gasteiger partial charge in [-0.3, -0.25) is 9.59 Å². The highest BCUT2D eigenvalue weighted by atomic mass is 16.5. The molecule has 5 heteroatoms. The molecule has 0 aromatic heterocycles. The van der Waals surface area contributed by atoms with Crippen LogP contribution in [0.1, 0.15) is 20.3 Å². The number of ether oxygens (including phenoxy) is 2. The van der Waals surface area contributed by atoms with Crippen LogP contribution in [0.3, 0.4) is 0 Å². The summed E-state index contributed by atoms with van der Waals surface area (Å²) in [7, 11) is 0. The van der Waals surface area contributed by atoms with Crippen LogP contribution in [0, 0.1) is 11.8 Å². The van der Waals surface area contributed by atoms with Gasteiger partial charge >= 0.3 is 5.97 Å². The molecule has 25 heavy (non-hydrogen) atoms. The maximum absolute atomic E-state index is 12.1. The van der Waals surface area contributed by atoms with E-state index in [2.05, 4.69) is 5.32 Å². The molecule has 1 amide bonds. The fourth-order valence-electron chi connectivity index (χ4n) is 2.44. The largest absolute Gasteiger partial charge is 0.457 e. The number of benzene rings is 2. The number of carbonyl (C=O) groups excluding carboxylic acids is 2. The molecule has 0 unspecified atom stereocenters. The van der Waals surface area contributed by atoms with Crippen molar-refractivity contribution in [2.45, 2.75) is 26.4 Å². The Morgan fingerprint density at radius 1 is 1.04 bits per heavy atom. The van der Waals surface area contributed by atoms with Crippen molar-refractivity contribution in [3.63, 3.8) is 0 Å². The van der Waals surface area contributed by atoms with Gasteiger partial charge in [0, 0.05) is 5.69 Å². The van der Waals surface area contributed by atoms with Gasteiger partial charge in [-0.05, 0) is 55.7 Å². The van der Waals surface area contributed by atoms with Crippen LogP contribution in [0.15, 0.2) is 54.6 Å². The highest BCUT2D eigenvalue weighted by Gasteiger charge is 2.41. The van der Waals surface area contributed by atoms with E-state index in [1.54, 1.807) is 31.2 Å². The van der Waals surface area contributed by atoms with Gasteiger partial charge in [0.15, 0.2) is 6.10 Å². The van der Waals surface area contributed by atoms with Gasteiger partial charge in [-0.2, -0.15) is 0 Å². The first-order valence-corrected chi connectivity index (χ1v) is 8.37. The highest BCUT2D eigenvalue weighted by Crippen LogP contribution is 2.38. The van der Waals surface area contributed by atoms with Crippen molar-refractivity contribution in [2.75, 3.05) is 5.32 Å². The number of amides is 1. The Morgan fingerprint density at radius 2 is 1.64 bits per heavy atom. The molecular formula is C20H21NO4. The predicted octanol–water partition coefficient (Wildman–Crippen LogP) is 4.01. The first kappa shape index (κ1) is 17.0. The monoisotopic (exact) mass is 339 g/mol. The number of hydrogen-bond donors (Lipinski definition) is 1. The topological polar surface area (TPSA) is 64.6 Å². The summed E-state index contributed by atoms with van der Waals surface area (Å²) in [5.41, 5.74) is 0.619. The zero-order chi connectivity index (χ0) is 17.8. The molecule has 0 radical (unpaired) electrons. The van der Waals surface area contributed by atoms with Crippen LogP contribution in [0.5, 0.6) is 11.5 Å². The van der Waals surface area contributed by atoms with Gasteiger partial charge in [0.25, 0.3) is 5.91 Å². The minimum atomic E-state index is -0.819. The number of anilines is 1. The quantitative estimate of drug-likeness (QED) is 0.808. The predicted molar refractivity (Wildman–Crippen MR) is 94.4 cm³/mol. The third-order valence-electron chi connectivity index (χ3n) is 4.18. The van der Waals surface area contributed by atoms with Crippen molar-refractivity contribution in [1.82, 2.24) is 0 Å². The van der Waals surface area contributed by atoms with Crippen molar-refractivity contribution in [1.29, 1.82) is 0 Å². The smallest absolute Gasteiger partial charge is 0.309 e. The molecule has 0 bridgehead atoms. The summed E-state index contributed by atoms with van der Waals surface area (Å²) in [6, 6.07) is 16.5. The fourth-order valence-corrected chi connectivity index (χ4v) is 2.44. The van der Waals surface area contributed by atoms with Crippen LogP contribution in [0.25, 0.3) is 0 Å². The molecule has 1 aliphatic rings. The second-order valence-corrected chi connectivity index (χ2v) is 6.33. The van der Waals surface area contributed by atoms with Crippen LogP contribution >= 0.6 is 0 Å². The SMILES string of the molecule is C[C@H](OC(=O)[C@H]1C[C@@H]1C)C(=O)Nc1ccc(Oc2ccccc2)cc1. The molecule has 1 saturated carbocycles. The molecule has 0 aliphatic heterocycles. The summed E-state index contributed by atoms with van der Waals surface area (Å²) < 4.78 is 10.9. The minimum Gasteiger partial charge on any atom is -0.457 e. The molecule has 1 aliphatic carbocycles. The first-order chi connectivity index (χ1) is 12.0. The highest BCUT2D eigenvalue weighted by molar-refractivity contribution is 5.95. The van der Waals surface area contributed by atoms with Crippen LogP contribution < -0.4 is 10.1 Å². The molecule has 1 fully saturated rings. The lowest BCUT2D eigenvalue weighted by Gasteiger charge is -2.14. The lowest BCUT2D eigenvalue weighted by atomic mass is 10.2. The van der Waals surface area contributed by atoms with E-state index >= 15 is 0 Å². The van der Waals surface area contributed by atoms with Crippen molar-refractivity contribution in [3.05, 3.63) is 54.6 Å². The second kappa shape index (κ2) is 7.38. The molecule has 3 atom stereocenters. The Hall–Kier alpha value is -2.82. The van der Waals surface area contributed by atoms with Gasteiger partial charge in [-0.1, -0.05) is 25.1 Å². The lowest BCUT2D eigenvalue weighted by molar-refractivity contribution is -0.154. The number of carbonyl (C=O) groups is 2. The van der Waals surface area contributed by atoms with Crippen LogP contribution in [0.4, 0.5) is 5.69 Å². The first-order valence-electron chi connectivity index (χ1n) is 8.37. The van der Waals surface area contributed by atoms with Crippen molar-refractivity contribution < 1.29 is 19.1 Å². The molecule has 2 aromatic carbocycles. The Balaban J connectivity index is 1.52. The number of para-hydroxylation sites is 1. The van der Waals surface area contributed by atoms with Gasteiger partial charge in [0.1, 0.15) is 11.5 Å². The summed E-state index contributed by atoms with van der Waals surface area (Å²) >= 11 is 0. The molecule has 130 valence electrons. The normalized spacial score (nSPS) is 19.6. The molecule has 0 saturated heterocycles. The van der Waals surface area contributed by atoms with E-state index in [1.165, 1.54) is 0 Å². The molecule has 3 rings (SSSR count). The summed E-state index contributed by atoms with van der Waals surface area (Å²) in [4.78, 5) is 23.9. The standard InChI is InChI=1S/C20H21NO4/c1-13-12-18(13)20(23)24-14(2)19(22)21-15-8-10-17(11-9-15)25-16-6-4-3-5-7-16/h3-11,13-14,18H,12H2,1-2H3,(H,21,22)/t13-,14-,18-/m0/s1. The minimum absolute atomic E-state index is 0.0512. The zero-order valence-corrected chi connectivity index (χ0v) is 14.3. The summed E-state index contributed by atoms with van der Waals surface area (Å²) in [5, 5.41) is 2.74. The maximum Gasteiger partial charge on any atom is 0.309 e. The van der Waals surface area contributed by atoms with Crippen molar-refractivity contribution >= 4 is 17.6 Å². The Kier molecular flexibility index (Phi) is 5.03. The number of esters is 1. The summed E-state index contributed by atoms with van der Waals surface area (Å²) in [5.74, 6) is 1.09. The molecule has 5 nitrogen and oxygen atoms in total. The Bertz CT molecular complexity index is 742. The van der Waals surface area contributed by atoms with Gasteiger partial charge in [0.05, 0.1) is 5.92 Å². The Labute approximate surface area is 147 Å². The van der Waals surface area contributed by atoms with E-state index in [0.29, 0.717) is 17.4 Å². The van der Waals surface area contributed by atoms with Crippen LogP contribution in [-0.4, -0.2) is 18.0 Å². The second-order valence-electron chi connectivity index (χ2n) is 6.33. The summed E-state index contributed by atoms with van der Waals surface area (Å²) in [6.07, 6.45) is 0.0244. The van der Waals surface area contributed by atoms with Crippen LogP contribution in [0.2, 0.25) is 0 Å².